The Kier molecular flexibility index (Phi) is 5.45. The molecule has 5 heteroatoms. The van der Waals surface area contributed by atoms with Crippen LogP contribution in [0.4, 0.5) is 0 Å². The lowest BCUT2D eigenvalue weighted by molar-refractivity contribution is -0.146. The van der Waals surface area contributed by atoms with Crippen LogP contribution in [-0.4, -0.2) is 29.4 Å². The summed E-state index contributed by atoms with van der Waals surface area (Å²) in [6.07, 6.45) is 0. The summed E-state index contributed by atoms with van der Waals surface area (Å²) >= 11 is 0. The van der Waals surface area contributed by atoms with Crippen molar-refractivity contribution in [2.24, 2.45) is 0 Å². The second-order valence-corrected chi connectivity index (χ2v) is 5.22. The molecule has 0 fully saturated rings. The molecule has 0 spiro atoms. The summed E-state index contributed by atoms with van der Waals surface area (Å²) in [5, 5.41) is 8.24. The van der Waals surface area contributed by atoms with E-state index in [1.807, 2.05) is 18.2 Å². The van der Waals surface area contributed by atoms with E-state index in [1.165, 1.54) is 6.92 Å². The minimum Gasteiger partial charge on any atom is -0.465 e. The molecule has 0 aliphatic rings. The molecule has 1 N–H and O–H groups in total. The number of ether oxygens (including phenoxy) is 1. The first-order valence-corrected chi connectivity index (χ1v) is 6.59. The van der Waals surface area contributed by atoms with Gasteiger partial charge in [0.2, 0.25) is 0 Å². The van der Waals surface area contributed by atoms with Crippen LogP contribution in [0.2, 0.25) is 0 Å². The van der Waals surface area contributed by atoms with Gasteiger partial charge in [-0.3, -0.25) is 9.36 Å². The maximum Gasteiger partial charge on any atom is 0.324 e. The number of benzene rings is 1. The summed E-state index contributed by atoms with van der Waals surface area (Å²) in [7, 11) is -0.358. The van der Waals surface area contributed by atoms with Crippen LogP contribution in [0.1, 0.15) is 25.3 Å². The largest absolute Gasteiger partial charge is 0.465 e. The minimum absolute atomic E-state index is 0.219. The van der Waals surface area contributed by atoms with E-state index >= 15 is 0 Å². The van der Waals surface area contributed by atoms with E-state index in [0.29, 0.717) is 0 Å². The summed E-state index contributed by atoms with van der Waals surface area (Å²) in [5.41, 5.74) is 0.763. The van der Waals surface area contributed by atoms with Gasteiger partial charge in [0.1, 0.15) is 0 Å². The molecule has 1 aromatic carbocycles. The number of aliphatic hydroxyl groups excluding tert-OH is 1. The Morgan fingerprint density at radius 1 is 1.44 bits per heavy atom. The summed E-state index contributed by atoms with van der Waals surface area (Å²) in [4.78, 5) is 11.9. The predicted molar refractivity (Wildman–Crippen MR) is 68.9 cm³/mol. The fourth-order valence-electron chi connectivity index (χ4n) is 1.81. The summed E-state index contributed by atoms with van der Waals surface area (Å²) in [6, 6.07) is 9.05. The van der Waals surface area contributed by atoms with Crippen LogP contribution in [0.25, 0.3) is 0 Å². The highest BCUT2D eigenvalue weighted by Gasteiger charge is 2.44. The van der Waals surface area contributed by atoms with Crippen LogP contribution in [0.3, 0.4) is 0 Å². The van der Waals surface area contributed by atoms with E-state index in [9.17, 15) is 14.5 Å². The maximum atomic E-state index is 11.9. The Morgan fingerprint density at radius 3 is 2.50 bits per heavy atom. The molecule has 0 radical (unpaired) electrons. The van der Waals surface area contributed by atoms with Crippen LogP contribution in [0.5, 0.6) is 0 Å². The monoisotopic (exact) mass is 268 g/mol. The van der Waals surface area contributed by atoms with Crippen LogP contribution in [-0.2, 0) is 14.1 Å². The maximum absolute atomic E-state index is 11.9. The van der Waals surface area contributed by atoms with Gasteiger partial charge < -0.3 is 9.84 Å². The first kappa shape index (κ1) is 14.8. The molecule has 2 unspecified atom stereocenters. The van der Waals surface area contributed by atoms with Crippen LogP contribution in [0, 0.1) is 0 Å². The van der Waals surface area contributed by atoms with Gasteiger partial charge in [0.25, 0.3) is 0 Å². The molecule has 0 bridgehead atoms. The molecule has 0 aliphatic heterocycles. The minimum atomic E-state index is -1.27. The molecule has 0 saturated heterocycles. The fourth-order valence-corrected chi connectivity index (χ4v) is 2.31. The fraction of sp³-hybridized carbons (Fsp3) is 0.462. The number of esters is 1. The lowest BCUT2D eigenvalue weighted by Gasteiger charge is -2.28. The smallest absolute Gasteiger partial charge is 0.324 e. The number of carbonyl (C=O) groups excluding carboxylic acids is 1. The zero-order chi connectivity index (χ0) is 13.6. The first-order valence-electron chi connectivity index (χ1n) is 5.77. The molecular formula is C13H17O4P. The summed E-state index contributed by atoms with van der Waals surface area (Å²) < 4.78 is 16.3. The highest BCUT2D eigenvalue weighted by atomic mass is 31.1. The van der Waals surface area contributed by atoms with Crippen molar-refractivity contribution in [3.05, 3.63) is 35.9 Å². The molecule has 0 amide bonds. The Labute approximate surface area is 108 Å². The lowest BCUT2D eigenvalue weighted by Crippen LogP contribution is -2.39. The summed E-state index contributed by atoms with van der Waals surface area (Å²) in [6.45, 7) is 3.18. The van der Waals surface area contributed by atoms with Crippen molar-refractivity contribution in [1.82, 2.24) is 0 Å². The van der Waals surface area contributed by atoms with E-state index < -0.39 is 17.0 Å². The number of aliphatic hydroxyl groups is 1. The van der Waals surface area contributed by atoms with Gasteiger partial charge in [-0.05, 0) is 19.4 Å². The highest BCUT2D eigenvalue weighted by Crippen LogP contribution is 2.39. The Hall–Kier alpha value is -1.25. The van der Waals surface area contributed by atoms with Crippen molar-refractivity contribution in [2.45, 2.75) is 24.9 Å². The van der Waals surface area contributed by atoms with Crippen molar-refractivity contribution in [3.63, 3.8) is 0 Å². The quantitative estimate of drug-likeness (QED) is 0.635. The summed E-state index contributed by atoms with van der Waals surface area (Å²) in [5.74, 6) is -1.12. The molecule has 18 heavy (non-hydrogen) atoms. The van der Waals surface area contributed by atoms with E-state index in [-0.39, 0.29) is 21.7 Å². The van der Waals surface area contributed by atoms with Gasteiger partial charge in [0.15, 0.2) is 13.6 Å². The molecule has 4 nitrogen and oxygen atoms in total. The van der Waals surface area contributed by atoms with Crippen LogP contribution < -0.4 is 0 Å². The molecule has 1 rings (SSSR count). The van der Waals surface area contributed by atoms with E-state index in [2.05, 4.69) is 0 Å². The second kappa shape index (κ2) is 6.62. The van der Waals surface area contributed by atoms with Crippen molar-refractivity contribution < 1.29 is 19.2 Å². The van der Waals surface area contributed by atoms with E-state index in [4.69, 9.17) is 4.74 Å². The third-order valence-electron chi connectivity index (χ3n) is 2.94. The molecule has 1 aromatic rings. The molecule has 0 saturated carbocycles. The first-order chi connectivity index (χ1) is 8.60. The Morgan fingerprint density at radius 2 is 2.06 bits per heavy atom. The van der Waals surface area contributed by atoms with E-state index in [1.54, 1.807) is 19.1 Å². The lowest BCUT2D eigenvalue weighted by atomic mass is 9.87. The third kappa shape index (κ3) is 2.95. The second-order valence-electron chi connectivity index (χ2n) is 4.11. The number of rotatable bonds is 6. The van der Waals surface area contributed by atoms with Crippen molar-refractivity contribution in [2.75, 3.05) is 13.2 Å². The zero-order valence-corrected chi connectivity index (χ0v) is 11.4. The van der Waals surface area contributed by atoms with Gasteiger partial charge in [0, 0.05) is 5.92 Å². The highest BCUT2D eigenvalue weighted by molar-refractivity contribution is 7.27. The molecule has 0 aromatic heterocycles. The number of hydrogen-bond donors (Lipinski definition) is 1. The molecular weight excluding hydrogens is 251 g/mol. The van der Waals surface area contributed by atoms with Crippen molar-refractivity contribution in [1.29, 1.82) is 0 Å². The zero-order valence-electron chi connectivity index (χ0n) is 10.5. The van der Waals surface area contributed by atoms with Gasteiger partial charge in [-0.2, -0.15) is 0 Å². The van der Waals surface area contributed by atoms with E-state index in [0.717, 1.165) is 5.56 Å². The molecule has 0 aliphatic carbocycles. The number of carbonyl (C=O) groups is 1. The van der Waals surface area contributed by atoms with Gasteiger partial charge in [0.05, 0.1) is 13.2 Å². The molecule has 2 atom stereocenters. The van der Waals surface area contributed by atoms with Crippen LogP contribution in [0.15, 0.2) is 30.3 Å². The number of hydrogen-bond acceptors (Lipinski definition) is 4. The average molecular weight is 268 g/mol. The van der Waals surface area contributed by atoms with Crippen molar-refractivity contribution in [3.8, 4) is 0 Å². The van der Waals surface area contributed by atoms with Gasteiger partial charge in [-0.15, -0.1) is 0 Å². The molecule has 98 valence electrons. The van der Waals surface area contributed by atoms with Gasteiger partial charge >= 0.3 is 5.97 Å². The SMILES string of the molecule is CCOC(=O)C(C)(P=O)C(CO)c1ccccc1. The average Bonchev–Trinajstić information content (AvgIpc) is 2.40. The normalized spacial score (nSPS) is 15.9. The topological polar surface area (TPSA) is 63.6 Å². The van der Waals surface area contributed by atoms with Gasteiger partial charge in [-0.25, -0.2) is 0 Å². The Bertz CT molecular complexity index is 407. The van der Waals surface area contributed by atoms with Crippen molar-refractivity contribution >= 4 is 14.4 Å². The predicted octanol–water partition coefficient (Wildman–Crippen LogP) is 2.38. The third-order valence-corrected chi connectivity index (χ3v) is 3.81. The standard InChI is InChI=1S/C13H17O4P/c1-3-17-12(15)13(2,18-16)11(9-14)10-7-5-4-6-8-10/h4-8,11,14H,3,9H2,1-2H3. The molecule has 0 heterocycles. The van der Waals surface area contributed by atoms with Gasteiger partial charge in [-0.1, -0.05) is 30.3 Å². The van der Waals surface area contributed by atoms with Crippen LogP contribution >= 0.6 is 8.46 Å². The Balaban J connectivity index is 3.11.